The highest BCUT2D eigenvalue weighted by atomic mass is 15.2. The van der Waals surface area contributed by atoms with Crippen LogP contribution in [0.4, 0.5) is 5.82 Å². The van der Waals surface area contributed by atoms with Gasteiger partial charge in [-0.15, -0.1) is 0 Å². The second-order valence-electron chi connectivity index (χ2n) is 1.58. The molecule has 0 amide bonds. The molecule has 0 fully saturated rings. The molecule has 0 aliphatic rings. The predicted molar refractivity (Wildman–Crippen MR) is 36.8 cm³/mol. The van der Waals surface area contributed by atoms with Crippen molar-refractivity contribution in [3.05, 3.63) is 24.4 Å². The Labute approximate surface area is 58.4 Å². The van der Waals surface area contributed by atoms with Gasteiger partial charge < -0.3 is 0 Å². The lowest BCUT2D eigenvalue weighted by atomic mass is 10.5. The molecule has 0 aliphatic carbocycles. The standard InChI is InChI=1S/C6H7N4/c1-7-10-9-6-4-2-3-5-8-6/h2-5H,1H3/q+1. The van der Waals surface area contributed by atoms with Crippen LogP contribution in [0.15, 0.2) is 34.6 Å². The van der Waals surface area contributed by atoms with Crippen molar-refractivity contribution in [1.29, 1.82) is 0 Å². The minimum Gasteiger partial charge on any atom is -0.231 e. The van der Waals surface area contributed by atoms with Crippen LogP contribution in [-0.4, -0.2) is 12.0 Å². The lowest BCUT2D eigenvalue weighted by Gasteiger charge is -1.76. The van der Waals surface area contributed by atoms with Crippen LogP contribution < -0.4 is 4.91 Å². The summed E-state index contributed by atoms with van der Waals surface area (Å²) >= 11 is 0. The fourth-order valence-corrected chi connectivity index (χ4v) is 0.503. The first kappa shape index (κ1) is 6.58. The molecular formula is C6H7N4+. The number of rotatable bonds is 1. The first-order valence-corrected chi connectivity index (χ1v) is 2.84. The second kappa shape index (κ2) is 3.48. The van der Waals surface area contributed by atoms with Gasteiger partial charge in [0.25, 0.3) is 0 Å². The molecule has 0 unspecified atom stereocenters. The number of aromatic nitrogens is 1. The molecule has 0 aromatic carbocycles. The van der Waals surface area contributed by atoms with E-state index in [2.05, 4.69) is 20.1 Å². The van der Waals surface area contributed by atoms with Gasteiger partial charge in [0.2, 0.25) is 10.7 Å². The Kier molecular flexibility index (Phi) is 2.29. The lowest BCUT2D eigenvalue weighted by molar-refractivity contribution is 1.00. The third-order valence-corrected chi connectivity index (χ3v) is 0.886. The van der Waals surface area contributed by atoms with E-state index in [-0.39, 0.29) is 0 Å². The Bertz CT molecular complexity index is 248. The van der Waals surface area contributed by atoms with Crippen LogP contribution in [0.3, 0.4) is 0 Å². The third kappa shape index (κ3) is 1.76. The lowest BCUT2D eigenvalue weighted by Crippen LogP contribution is -1.69. The minimum absolute atomic E-state index is 0.577. The van der Waals surface area contributed by atoms with E-state index >= 15 is 0 Å². The molecule has 0 saturated carbocycles. The van der Waals surface area contributed by atoms with Crippen LogP contribution in [0.1, 0.15) is 0 Å². The summed E-state index contributed by atoms with van der Waals surface area (Å²) in [7, 11) is 1.56. The van der Waals surface area contributed by atoms with Crippen molar-refractivity contribution >= 4 is 5.82 Å². The summed E-state index contributed by atoms with van der Waals surface area (Å²) in [5.74, 6) is 0.577. The van der Waals surface area contributed by atoms with E-state index in [4.69, 9.17) is 0 Å². The maximum atomic E-state index is 3.90. The smallest absolute Gasteiger partial charge is 0.231 e. The predicted octanol–water partition coefficient (Wildman–Crippen LogP) is 1.31. The van der Waals surface area contributed by atoms with Crippen LogP contribution in [0.25, 0.3) is 0 Å². The largest absolute Gasteiger partial charge is 0.241 e. The Morgan fingerprint density at radius 1 is 1.50 bits per heavy atom. The topological polar surface area (TPSA) is 51.7 Å². The molecule has 0 radical (unpaired) electrons. The highest BCUT2D eigenvalue weighted by Crippen LogP contribution is 2.01. The Morgan fingerprint density at radius 3 is 3.00 bits per heavy atom. The second-order valence-corrected chi connectivity index (χ2v) is 1.58. The summed E-state index contributed by atoms with van der Waals surface area (Å²) < 4.78 is 0. The monoisotopic (exact) mass is 135 g/mol. The van der Waals surface area contributed by atoms with Gasteiger partial charge in [-0.1, -0.05) is 6.07 Å². The van der Waals surface area contributed by atoms with Crippen LogP contribution in [0.2, 0.25) is 0 Å². The average Bonchev–Trinajstić information content (AvgIpc) is 2.03. The normalized spacial score (nSPS) is 8.10. The van der Waals surface area contributed by atoms with E-state index in [1.807, 2.05) is 12.1 Å². The van der Waals surface area contributed by atoms with E-state index in [0.29, 0.717) is 5.82 Å². The number of hydrogen-bond acceptors (Lipinski definition) is 3. The highest BCUT2D eigenvalue weighted by molar-refractivity contribution is 5.23. The summed E-state index contributed by atoms with van der Waals surface area (Å²) in [6.45, 7) is 0. The average molecular weight is 135 g/mol. The molecule has 0 bridgehead atoms. The molecular weight excluding hydrogens is 128 g/mol. The fraction of sp³-hybridized carbons (Fsp3) is 0.167. The van der Waals surface area contributed by atoms with Crippen LogP contribution in [-0.2, 0) is 0 Å². The van der Waals surface area contributed by atoms with Crippen molar-refractivity contribution < 1.29 is 0 Å². The zero-order valence-corrected chi connectivity index (χ0v) is 5.60. The highest BCUT2D eigenvalue weighted by Gasteiger charge is 1.90. The van der Waals surface area contributed by atoms with Gasteiger partial charge in [0.05, 0.1) is 0 Å². The molecule has 0 saturated heterocycles. The van der Waals surface area contributed by atoms with E-state index < -0.39 is 0 Å². The van der Waals surface area contributed by atoms with Crippen LogP contribution in [0.5, 0.6) is 0 Å². The van der Waals surface area contributed by atoms with Gasteiger partial charge in [0, 0.05) is 6.20 Å². The molecule has 0 N–H and O–H groups in total. The molecule has 10 heavy (non-hydrogen) atoms. The molecule has 0 spiro atoms. The fourth-order valence-electron chi connectivity index (χ4n) is 0.503. The summed E-state index contributed by atoms with van der Waals surface area (Å²) in [4.78, 5) is 7.33. The molecule has 4 nitrogen and oxygen atoms in total. The van der Waals surface area contributed by atoms with E-state index in [9.17, 15) is 0 Å². The third-order valence-electron chi connectivity index (χ3n) is 0.886. The van der Waals surface area contributed by atoms with Gasteiger partial charge in [0.15, 0.2) is 5.11 Å². The van der Waals surface area contributed by atoms with E-state index in [1.165, 1.54) is 0 Å². The maximum Gasteiger partial charge on any atom is 0.241 e. The zero-order chi connectivity index (χ0) is 7.23. The Hall–Kier alpha value is -1.54. The number of pyridine rings is 1. The molecule has 4 heteroatoms. The zero-order valence-electron chi connectivity index (χ0n) is 5.60. The first-order chi connectivity index (χ1) is 4.93. The number of hydrogen-bond donors (Lipinski definition) is 0. The molecule has 1 aromatic rings. The van der Waals surface area contributed by atoms with Gasteiger partial charge in [-0.3, -0.25) is 0 Å². The SMILES string of the molecule is CN=[N+]=Nc1ccccn1. The molecule has 1 aromatic heterocycles. The molecule has 0 atom stereocenters. The van der Waals surface area contributed by atoms with Crippen molar-refractivity contribution in [3.8, 4) is 0 Å². The molecule has 1 heterocycles. The molecule has 1 rings (SSSR count). The van der Waals surface area contributed by atoms with Crippen molar-refractivity contribution in [1.82, 2.24) is 9.90 Å². The van der Waals surface area contributed by atoms with Gasteiger partial charge in [-0.25, -0.2) is 4.98 Å². The first-order valence-electron chi connectivity index (χ1n) is 2.84. The quantitative estimate of drug-likeness (QED) is 0.423. The summed E-state index contributed by atoms with van der Waals surface area (Å²) in [5, 5.41) is 7.12. The van der Waals surface area contributed by atoms with Crippen molar-refractivity contribution in [2.45, 2.75) is 0 Å². The van der Waals surface area contributed by atoms with Crippen molar-refractivity contribution in [2.75, 3.05) is 7.05 Å². The van der Waals surface area contributed by atoms with Crippen molar-refractivity contribution in [2.24, 2.45) is 10.2 Å². The van der Waals surface area contributed by atoms with Crippen LogP contribution >= 0.6 is 0 Å². The summed E-state index contributed by atoms with van der Waals surface area (Å²) in [5.41, 5.74) is 0. The summed E-state index contributed by atoms with van der Waals surface area (Å²) in [6, 6.07) is 5.42. The van der Waals surface area contributed by atoms with Gasteiger partial charge in [-0.2, -0.15) is 0 Å². The van der Waals surface area contributed by atoms with Crippen LogP contribution in [0, 0.1) is 0 Å². The Balaban J connectivity index is 2.87. The van der Waals surface area contributed by atoms with Gasteiger partial charge in [-0.05, 0) is 12.1 Å². The Morgan fingerprint density at radius 2 is 2.40 bits per heavy atom. The minimum atomic E-state index is 0.577. The number of nitrogens with zero attached hydrogens (tertiary/aromatic N) is 4. The van der Waals surface area contributed by atoms with Gasteiger partial charge >= 0.3 is 0 Å². The van der Waals surface area contributed by atoms with Crippen molar-refractivity contribution in [3.63, 3.8) is 0 Å². The van der Waals surface area contributed by atoms with E-state index in [0.717, 1.165) is 0 Å². The maximum absolute atomic E-state index is 3.90. The summed E-state index contributed by atoms with van der Waals surface area (Å²) in [6.07, 6.45) is 1.66. The van der Waals surface area contributed by atoms with E-state index in [1.54, 1.807) is 19.3 Å². The van der Waals surface area contributed by atoms with Gasteiger partial charge in [0.1, 0.15) is 12.2 Å². The molecule has 0 aliphatic heterocycles. The molecule has 50 valence electrons.